The van der Waals surface area contributed by atoms with Gasteiger partial charge in [-0.3, -0.25) is 9.78 Å². The topological polar surface area (TPSA) is 107 Å². The number of ether oxygens (including phenoxy) is 1. The molecule has 7 nitrogen and oxygen atoms in total. The van der Waals surface area contributed by atoms with Crippen LogP contribution in [-0.2, 0) is 11.3 Å². The summed E-state index contributed by atoms with van der Waals surface area (Å²) < 4.78 is 21.9. The Hall–Kier alpha value is -3.94. The van der Waals surface area contributed by atoms with Gasteiger partial charge in [-0.15, -0.1) is 0 Å². The van der Waals surface area contributed by atoms with Crippen LogP contribution in [0.1, 0.15) is 21.5 Å². The number of pyridine rings is 1. The molecule has 3 N–H and O–H groups in total. The Bertz CT molecular complexity index is 1310. The van der Waals surface area contributed by atoms with E-state index in [1.807, 2.05) is 4.57 Å². The molecule has 0 fully saturated rings. The highest BCUT2D eigenvalue weighted by Gasteiger charge is 2.21. The summed E-state index contributed by atoms with van der Waals surface area (Å²) in [5.41, 5.74) is 8.04. The van der Waals surface area contributed by atoms with Gasteiger partial charge in [-0.05, 0) is 24.6 Å². The summed E-state index contributed by atoms with van der Waals surface area (Å²) in [4.78, 5) is 27.3. The van der Waals surface area contributed by atoms with Crippen LogP contribution in [0.15, 0.2) is 48.8 Å². The highest BCUT2D eigenvalue weighted by atomic mass is 19.1. The minimum Gasteiger partial charge on any atom is -0.480 e. The van der Waals surface area contributed by atoms with Gasteiger partial charge in [0, 0.05) is 16.5 Å². The van der Waals surface area contributed by atoms with Crippen molar-refractivity contribution in [1.82, 2.24) is 9.55 Å². The number of aromatic nitrogens is 2. The van der Waals surface area contributed by atoms with Crippen molar-refractivity contribution in [2.75, 3.05) is 6.61 Å². The maximum atomic E-state index is 14.7. The van der Waals surface area contributed by atoms with Crippen LogP contribution in [0, 0.1) is 12.7 Å². The maximum absolute atomic E-state index is 14.7. The monoisotopic (exact) mass is 407 g/mol. The van der Waals surface area contributed by atoms with E-state index < -0.39 is 18.5 Å². The van der Waals surface area contributed by atoms with Gasteiger partial charge in [0.25, 0.3) is 0 Å². The number of nitrogens with zero attached hydrogens (tertiary/aromatic N) is 2. The number of hydrogen-bond acceptors (Lipinski definition) is 4. The number of halogens is 1. The molecule has 0 aliphatic heterocycles. The van der Waals surface area contributed by atoms with Crippen molar-refractivity contribution in [2.24, 2.45) is 5.73 Å². The fraction of sp³-hybridized carbons (Fsp3) is 0.136. The molecule has 0 aliphatic rings. The van der Waals surface area contributed by atoms with E-state index in [4.69, 9.17) is 15.6 Å². The van der Waals surface area contributed by atoms with E-state index in [2.05, 4.69) is 4.98 Å². The summed E-state index contributed by atoms with van der Waals surface area (Å²) in [6.45, 7) is 1.30. The van der Waals surface area contributed by atoms with Crippen LogP contribution in [0.25, 0.3) is 21.8 Å². The van der Waals surface area contributed by atoms with Gasteiger partial charge in [0.1, 0.15) is 11.6 Å². The minimum atomic E-state index is -1.15. The molecule has 4 rings (SSSR count). The SMILES string of the molecule is Cc1cccc(Cn2c3cncc(OCC(=O)O)c3c3c(C(N)=O)cccc32)c1F. The molecule has 2 aromatic heterocycles. The van der Waals surface area contributed by atoms with Crippen molar-refractivity contribution in [3.8, 4) is 5.75 Å². The van der Waals surface area contributed by atoms with Gasteiger partial charge < -0.3 is 20.1 Å². The van der Waals surface area contributed by atoms with Crippen LogP contribution < -0.4 is 10.5 Å². The first-order valence-electron chi connectivity index (χ1n) is 9.15. The van der Waals surface area contributed by atoms with Crippen molar-refractivity contribution in [2.45, 2.75) is 13.5 Å². The number of fused-ring (bicyclic) bond motifs is 3. The molecule has 152 valence electrons. The third-order valence-corrected chi connectivity index (χ3v) is 4.98. The second kappa shape index (κ2) is 7.47. The average molecular weight is 407 g/mol. The standard InChI is InChI=1S/C22H18FN3O4/c1-12-4-2-5-13(21(12)23)10-26-15-7-3-6-14(22(24)29)19(15)20-16(26)8-25-9-17(20)30-11-18(27)28/h2-9H,10-11H2,1H3,(H2,24,29)(H,27,28). The second-order valence-corrected chi connectivity index (χ2v) is 6.91. The number of rotatable bonds is 6. The van der Waals surface area contributed by atoms with Crippen molar-refractivity contribution in [3.05, 3.63) is 71.3 Å². The number of carboxylic acids is 1. The number of amides is 1. The molecular formula is C22H18FN3O4. The minimum absolute atomic E-state index is 0.180. The van der Waals surface area contributed by atoms with Crippen LogP contribution in [0.5, 0.6) is 5.75 Å². The molecule has 1 amide bonds. The van der Waals surface area contributed by atoms with Crippen LogP contribution in [0.4, 0.5) is 4.39 Å². The van der Waals surface area contributed by atoms with Gasteiger partial charge in [0.15, 0.2) is 6.61 Å². The van der Waals surface area contributed by atoms with Crippen LogP contribution in [0.2, 0.25) is 0 Å². The number of nitrogens with two attached hydrogens (primary N) is 1. The molecule has 8 heteroatoms. The summed E-state index contributed by atoms with van der Waals surface area (Å²) in [6, 6.07) is 10.2. The Balaban J connectivity index is 2.03. The first-order chi connectivity index (χ1) is 14.4. The number of aryl methyl sites for hydroxylation is 1. The zero-order valence-electron chi connectivity index (χ0n) is 16.1. The fourth-order valence-electron chi connectivity index (χ4n) is 3.67. The van der Waals surface area contributed by atoms with E-state index in [1.54, 1.807) is 49.5 Å². The van der Waals surface area contributed by atoms with E-state index in [0.29, 0.717) is 32.9 Å². The van der Waals surface area contributed by atoms with Gasteiger partial charge in [-0.1, -0.05) is 24.3 Å². The Labute approximate surface area is 170 Å². The fourth-order valence-corrected chi connectivity index (χ4v) is 3.67. The van der Waals surface area contributed by atoms with Crippen molar-refractivity contribution >= 4 is 33.7 Å². The molecule has 0 spiro atoms. The second-order valence-electron chi connectivity index (χ2n) is 6.91. The largest absolute Gasteiger partial charge is 0.480 e. The van der Waals surface area contributed by atoms with E-state index >= 15 is 0 Å². The lowest BCUT2D eigenvalue weighted by atomic mass is 10.1. The lowest BCUT2D eigenvalue weighted by Crippen LogP contribution is -2.11. The quantitative estimate of drug-likeness (QED) is 0.510. The Morgan fingerprint density at radius 3 is 2.63 bits per heavy atom. The molecule has 2 heterocycles. The number of primary amides is 1. The van der Waals surface area contributed by atoms with Gasteiger partial charge in [0.2, 0.25) is 5.91 Å². The lowest BCUT2D eigenvalue weighted by molar-refractivity contribution is -0.139. The summed E-state index contributed by atoms with van der Waals surface area (Å²) in [7, 11) is 0. The molecule has 0 saturated carbocycles. The van der Waals surface area contributed by atoms with Crippen LogP contribution in [0.3, 0.4) is 0 Å². The number of aliphatic carboxylic acids is 1. The first kappa shape index (κ1) is 19.4. The molecule has 0 radical (unpaired) electrons. The maximum Gasteiger partial charge on any atom is 0.341 e. The highest BCUT2D eigenvalue weighted by molar-refractivity contribution is 6.19. The van der Waals surface area contributed by atoms with Gasteiger partial charge in [0.05, 0.1) is 35.4 Å². The normalized spacial score (nSPS) is 11.1. The van der Waals surface area contributed by atoms with Gasteiger partial charge in [-0.25, -0.2) is 9.18 Å². The third-order valence-electron chi connectivity index (χ3n) is 4.98. The predicted molar refractivity (Wildman–Crippen MR) is 109 cm³/mol. The summed E-state index contributed by atoms with van der Waals surface area (Å²) in [5.74, 6) is -1.89. The number of benzene rings is 2. The lowest BCUT2D eigenvalue weighted by Gasteiger charge is -2.10. The van der Waals surface area contributed by atoms with Crippen LogP contribution >= 0.6 is 0 Å². The molecule has 0 atom stereocenters. The highest BCUT2D eigenvalue weighted by Crippen LogP contribution is 2.37. The van der Waals surface area contributed by atoms with E-state index in [9.17, 15) is 14.0 Å². The molecular weight excluding hydrogens is 389 g/mol. The van der Waals surface area contributed by atoms with E-state index in [-0.39, 0.29) is 23.7 Å². The Morgan fingerprint density at radius 2 is 1.90 bits per heavy atom. The summed E-state index contributed by atoms with van der Waals surface area (Å²) in [6.07, 6.45) is 2.96. The zero-order valence-corrected chi connectivity index (χ0v) is 16.1. The molecule has 2 aromatic carbocycles. The first-order valence-corrected chi connectivity index (χ1v) is 9.15. The number of hydrogen-bond donors (Lipinski definition) is 2. The number of carbonyl (C=O) groups excluding carboxylic acids is 1. The van der Waals surface area contributed by atoms with Crippen molar-refractivity contribution in [1.29, 1.82) is 0 Å². The van der Waals surface area contributed by atoms with Crippen molar-refractivity contribution < 1.29 is 23.8 Å². The molecule has 0 saturated heterocycles. The van der Waals surface area contributed by atoms with Crippen LogP contribution in [-0.4, -0.2) is 33.1 Å². The number of carbonyl (C=O) groups is 2. The average Bonchev–Trinajstić information content (AvgIpc) is 3.04. The van der Waals surface area contributed by atoms with Gasteiger partial charge in [-0.2, -0.15) is 0 Å². The molecule has 0 bridgehead atoms. The molecule has 0 unspecified atom stereocenters. The predicted octanol–water partition coefficient (Wildman–Crippen LogP) is 3.25. The third kappa shape index (κ3) is 3.22. The molecule has 30 heavy (non-hydrogen) atoms. The van der Waals surface area contributed by atoms with Crippen molar-refractivity contribution in [3.63, 3.8) is 0 Å². The zero-order chi connectivity index (χ0) is 21.4. The smallest absolute Gasteiger partial charge is 0.341 e. The van der Waals surface area contributed by atoms with E-state index in [0.717, 1.165) is 0 Å². The molecule has 0 aliphatic carbocycles. The summed E-state index contributed by atoms with van der Waals surface area (Å²) in [5, 5.41) is 10.0. The molecule has 4 aromatic rings. The van der Waals surface area contributed by atoms with E-state index in [1.165, 1.54) is 6.20 Å². The Morgan fingerprint density at radius 1 is 1.13 bits per heavy atom. The van der Waals surface area contributed by atoms with Gasteiger partial charge >= 0.3 is 5.97 Å². The Kier molecular flexibility index (Phi) is 4.83. The summed E-state index contributed by atoms with van der Waals surface area (Å²) >= 11 is 0. The number of carboxylic acid groups (broad SMARTS) is 1.